The van der Waals surface area contributed by atoms with Crippen molar-refractivity contribution in [2.24, 2.45) is 0 Å². The van der Waals surface area contributed by atoms with Crippen LogP contribution in [0.2, 0.25) is 0 Å². The molecule has 2 aromatic carbocycles. The molecule has 2 aromatic rings. The summed E-state index contributed by atoms with van der Waals surface area (Å²) >= 11 is 0. The van der Waals surface area contributed by atoms with Crippen LogP contribution in [0, 0.1) is 17.3 Å². The van der Waals surface area contributed by atoms with Crippen molar-refractivity contribution in [3.63, 3.8) is 0 Å². The lowest BCUT2D eigenvalue weighted by Gasteiger charge is -2.41. The van der Waals surface area contributed by atoms with Crippen LogP contribution in [0.1, 0.15) is 59.2 Å². The Balaban J connectivity index is 1.13. The van der Waals surface area contributed by atoms with E-state index in [0.29, 0.717) is 35.3 Å². The first-order valence-corrected chi connectivity index (χ1v) is 14.7. The fourth-order valence-electron chi connectivity index (χ4n) is 6.44. The van der Waals surface area contributed by atoms with Gasteiger partial charge >= 0.3 is 6.03 Å². The average molecular weight is 569 g/mol. The summed E-state index contributed by atoms with van der Waals surface area (Å²) < 4.78 is 5.25. The van der Waals surface area contributed by atoms with Gasteiger partial charge in [0.1, 0.15) is 11.6 Å². The maximum atomic E-state index is 13.1. The van der Waals surface area contributed by atoms with Gasteiger partial charge in [0.25, 0.3) is 11.8 Å². The molecule has 1 atom stereocenters. The molecule has 1 saturated carbocycles. The van der Waals surface area contributed by atoms with Crippen LogP contribution in [0.25, 0.3) is 0 Å². The molecule has 10 heteroatoms. The first kappa shape index (κ1) is 27.8. The Morgan fingerprint density at radius 1 is 1.02 bits per heavy atom. The number of amides is 4. The fraction of sp³-hybridized carbons (Fsp3) is 0.438. The predicted molar refractivity (Wildman–Crippen MR) is 157 cm³/mol. The van der Waals surface area contributed by atoms with E-state index in [1.54, 1.807) is 12.1 Å². The van der Waals surface area contributed by atoms with E-state index in [9.17, 15) is 14.4 Å². The lowest BCUT2D eigenvalue weighted by atomic mass is 9.94. The minimum absolute atomic E-state index is 0.0943. The Hall–Kier alpha value is -4.36. The molecule has 0 radical (unpaired) electrons. The molecular formula is C32H36N6O4. The van der Waals surface area contributed by atoms with Gasteiger partial charge in [-0.25, -0.2) is 4.79 Å². The maximum Gasteiger partial charge on any atom is 0.323 e. The molecule has 3 N–H and O–H groups in total. The zero-order valence-corrected chi connectivity index (χ0v) is 23.9. The summed E-state index contributed by atoms with van der Waals surface area (Å²) in [5.41, 5.74) is 1.20. The van der Waals surface area contributed by atoms with Crippen LogP contribution in [0.15, 0.2) is 42.5 Å². The largest absolute Gasteiger partial charge is 0.497 e. The topological polar surface area (TPSA) is 118 Å². The number of fused-ring (bicyclic) bond motifs is 1. The number of hydrogen-bond donors (Lipinski definition) is 3. The molecule has 6 rings (SSSR count). The zero-order valence-electron chi connectivity index (χ0n) is 23.9. The number of nitrogens with one attached hydrogen (secondary N) is 3. The first-order valence-electron chi connectivity index (χ1n) is 14.7. The van der Waals surface area contributed by atoms with Crippen molar-refractivity contribution in [1.29, 1.82) is 5.41 Å². The van der Waals surface area contributed by atoms with Gasteiger partial charge in [-0.15, -0.1) is 0 Å². The Kier molecular flexibility index (Phi) is 7.60. The highest BCUT2D eigenvalue weighted by Crippen LogP contribution is 2.29. The number of ether oxygens (including phenoxy) is 1. The Morgan fingerprint density at radius 3 is 2.43 bits per heavy atom. The van der Waals surface area contributed by atoms with Crippen molar-refractivity contribution in [2.45, 2.75) is 50.2 Å². The molecule has 218 valence electrons. The molecule has 0 aromatic heterocycles. The summed E-state index contributed by atoms with van der Waals surface area (Å²) in [4.78, 5) is 44.5. The van der Waals surface area contributed by atoms with Crippen LogP contribution >= 0.6 is 0 Å². The van der Waals surface area contributed by atoms with Crippen molar-refractivity contribution in [2.75, 3.05) is 39.8 Å². The van der Waals surface area contributed by atoms with Gasteiger partial charge in [0, 0.05) is 55.5 Å². The number of amidine groups is 1. The van der Waals surface area contributed by atoms with E-state index in [2.05, 4.69) is 32.3 Å². The molecular weight excluding hydrogens is 532 g/mol. The molecule has 3 aliphatic heterocycles. The smallest absolute Gasteiger partial charge is 0.323 e. The van der Waals surface area contributed by atoms with Gasteiger partial charge in [0.2, 0.25) is 5.54 Å². The Labute approximate surface area is 245 Å². The first-order chi connectivity index (χ1) is 20.3. The van der Waals surface area contributed by atoms with Gasteiger partial charge in [0.05, 0.1) is 13.7 Å². The van der Waals surface area contributed by atoms with Gasteiger partial charge < -0.3 is 19.9 Å². The van der Waals surface area contributed by atoms with E-state index < -0.39 is 17.5 Å². The molecule has 3 heterocycles. The highest BCUT2D eigenvalue weighted by atomic mass is 16.5. The maximum absolute atomic E-state index is 13.1. The second-order valence-electron chi connectivity index (χ2n) is 11.5. The summed E-state index contributed by atoms with van der Waals surface area (Å²) in [6, 6.07) is 12.7. The monoisotopic (exact) mass is 568 g/mol. The normalized spacial score (nSPS) is 22.7. The summed E-state index contributed by atoms with van der Waals surface area (Å²) in [7, 11) is 1.54. The Morgan fingerprint density at radius 2 is 1.76 bits per heavy atom. The number of benzene rings is 2. The molecule has 42 heavy (non-hydrogen) atoms. The molecule has 10 nitrogen and oxygen atoms in total. The Bertz CT molecular complexity index is 1460. The van der Waals surface area contributed by atoms with Crippen LogP contribution < -0.4 is 15.4 Å². The van der Waals surface area contributed by atoms with Crippen LogP contribution in [-0.4, -0.2) is 89.8 Å². The molecule has 1 unspecified atom stereocenters. The van der Waals surface area contributed by atoms with E-state index in [-0.39, 0.29) is 12.5 Å². The van der Waals surface area contributed by atoms with Gasteiger partial charge in [-0.05, 0) is 42.7 Å². The quantitative estimate of drug-likeness (QED) is 0.221. The fourth-order valence-corrected chi connectivity index (χ4v) is 6.44. The number of methoxy groups -OCH3 is 1. The number of carbonyl (C=O) groups excluding carboxylic acids is 3. The number of rotatable bonds is 5. The van der Waals surface area contributed by atoms with Crippen LogP contribution in [-0.2, 0) is 11.3 Å². The van der Waals surface area contributed by atoms with E-state index in [0.717, 1.165) is 37.3 Å². The minimum atomic E-state index is -1.58. The van der Waals surface area contributed by atoms with Gasteiger partial charge in [-0.2, -0.15) is 0 Å². The van der Waals surface area contributed by atoms with Crippen molar-refractivity contribution in [3.05, 3.63) is 64.7 Å². The third-order valence-corrected chi connectivity index (χ3v) is 8.87. The molecule has 0 spiro atoms. The summed E-state index contributed by atoms with van der Waals surface area (Å²) in [5.74, 6) is 6.21. The lowest BCUT2D eigenvalue weighted by molar-refractivity contribution is -0.122. The second-order valence-corrected chi connectivity index (χ2v) is 11.5. The summed E-state index contributed by atoms with van der Waals surface area (Å²) in [6.07, 6.45) is 6.60. The van der Waals surface area contributed by atoms with Gasteiger partial charge in [-0.3, -0.25) is 25.2 Å². The predicted octanol–water partition coefficient (Wildman–Crippen LogP) is 2.56. The SMILES string of the molecule is COc1ccc2c(c1)C(=O)N(CC1(C#Cc3ccc(C(=N)N4CCN(C5CCCCC5)CC4)cc3)NC(=O)NC1=O)C2. The minimum Gasteiger partial charge on any atom is -0.497 e. The van der Waals surface area contributed by atoms with Crippen molar-refractivity contribution in [1.82, 2.24) is 25.3 Å². The standard InChI is InChI=1S/C32H36N6O4/c1-42-26-12-11-24-20-38(29(39)27(24)19-26)21-32(30(40)34-31(41)35-32)14-13-22-7-9-23(10-8-22)28(33)37-17-15-36(16-18-37)25-5-3-2-4-6-25/h7-12,19,25,33H,2-6,15-18,20-21H2,1H3,(H2,34,35,40,41). The number of carbonyl (C=O) groups is 3. The summed E-state index contributed by atoms with van der Waals surface area (Å²) in [5, 5.41) is 13.7. The molecule has 2 saturated heterocycles. The van der Waals surface area contributed by atoms with E-state index in [1.807, 2.05) is 30.3 Å². The highest BCUT2D eigenvalue weighted by molar-refractivity contribution is 6.10. The van der Waals surface area contributed by atoms with E-state index >= 15 is 0 Å². The number of nitrogens with zero attached hydrogens (tertiary/aromatic N) is 3. The van der Waals surface area contributed by atoms with Crippen LogP contribution in [0.5, 0.6) is 5.75 Å². The lowest BCUT2D eigenvalue weighted by Crippen LogP contribution is -2.54. The molecule has 1 aliphatic carbocycles. The number of hydrogen-bond acceptors (Lipinski definition) is 6. The molecule has 0 bridgehead atoms. The van der Waals surface area contributed by atoms with E-state index in [1.165, 1.54) is 44.1 Å². The van der Waals surface area contributed by atoms with Gasteiger partial charge in [-0.1, -0.05) is 49.3 Å². The average Bonchev–Trinajstić information content (AvgIpc) is 3.49. The number of imide groups is 1. The molecule has 4 aliphatic rings. The zero-order chi connectivity index (χ0) is 29.3. The van der Waals surface area contributed by atoms with Crippen molar-refractivity contribution in [3.8, 4) is 17.6 Å². The second kappa shape index (κ2) is 11.5. The van der Waals surface area contributed by atoms with E-state index in [4.69, 9.17) is 10.1 Å². The van der Waals surface area contributed by atoms with Gasteiger partial charge in [0.15, 0.2) is 0 Å². The third kappa shape index (κ3) is 5.44. The molecule has 4 amide bonds. The van der Waals surface area contributed by atoms with Crippen LogP contribution in [0.3, 0.4) is 0 Å². The number of urea groups is 1. The van der Waals surface area contributed by atoms with Crippen molar-refractivity contribution < 1.29 is 19.1 Å². The third-order valence-electron chi connectivity index (χ3n) is 8.87. The molecule has 3 fully saturated rings. The van der Waals surface area contributed by atoms with Crippen LogP contribution in [0.4, 0.5) is 4.79 Å². The van der Waals surface area contributed by atoms with Crippen molar-refractivity contribution >= 4 is 23.7 Å². The summed E-state index contributed by atoms with van der Waals surface area (Å²) in [6.45, 7) is 3.88. The number of piperazine rings is 1. The highest BCUT2D eigenvalue weighted by Gasteiger charge is 2.48.